The molecule has 242 valence electrons. The van der Waals surface area contributed by atoms with E-state index in [2.05, 4.69) is 57.3 Å². The van der Waals surface area contributed by atoms with E-state index >= 15 is 0 Å². The highest BCUT2D eigenvalue weighted by molar-refractivity contribution is 7.99. The van der Waals surface area contributed by atoms with Gasteiger partial charge in [-0.25, -0.2) is 4.79 Å². The number of ether oxygens (including phenoxy) is 2. The lowest BCUT2D eigenvalue weighted by atomic mass is 9.91. The molecule has 11 heteroatoms. The van der Waals surface area contributed by atoms with E-state index in [9.17, 15) is 9.90 Å². The van der Waals surface area contributed by atoms with Crippen molar-refractivity contribution in [2.24, 2.45) is 5.92 Å². The van der Waals surface area contributed by atoms with Gasteiger partial charge in [-0.15, -0.1) is 5.10 Å². The molecular formula is C36H38N6O4S. The van der Waals surface area contributed by atoms with Gasteiger partial charge in [-0.05, 0) is 63.4 Å². The highest BCUT2D eigenvalue weighted by Crippen LogP contribution is 2.43. The van der Waals surface area contributed by atoms with E-state index in [0.717, 1.165) is 39.1 Å². The minimum Gasteiger partial charge on any atom is -0.392 e. The molecule has 5 aromatic rings. The highest BCUT2D eigenvalue weighted by atomic mass is 32.2. The first-order valence-electron chi connectivity index (χ1n) is 15.7. The second-order valence-electron chi connectivity index (χ2n) is 11.4. The number of amides is 2. The van der Waals surface area contributed by atoms with E-state index in [1.54, 1.807) is 16.4 Å². The predicted octanol–water partition coefficient (Wildman–Crippen LogP) is 6.22. The zero-order valence-corrected chi connectivity index (χ0v) is 27.1. The monoisotopic (exact) mass is 650 g/mol. The number of para-hydroxylation sites is 1. The van der Waals surface area contributed by atoms with Crippen molar-refractivity contribution >= 4 is 17.8 Å². The summed E-state index contributed by atoms with van der Waals surface area (Å²) in [6, 6.07) is 33.9. The first-order valence-corrected chi connectivity index (χ1v) is 16.7. The molecule has 0 saturated carbocycles. The smallest absolute Gasteiger partial charge is 0.315 e. The van der Waals surface area contributed by atoms with E-state index in [1.807, 2.05) is 85.8 Å². The number of hydrogen-bond donors (Lipinski definition) is 3. The summed E-state index contributed by atoms with van der Waals surface area (Å²) in [6.45, 7) is 5.04. The Morgan fingerprint density at radius 1 is 0.872 bits per heavy atom. The molecule has 4 aromatic carbocycles. The molecule has 4 atom stereocenters. The molecule has 0 bridgehead atoms. The van der Waals surface area contributed by atoms with Crippen LogP contribution < -0.4 is 10.6 Å². The van der Waals surface area contributed by atoms with Crippen LogP contribution in [-0.2, 0) is 22.6 Å². The Kier molecular flexibility index (Phi) is 10.6. The van der Waals surface area contributed by atoms with Gasteiger partial charge in [0.25, 0.3) is 0 Å². The number of nitrogens with one attached hydrogen (secondary N) is 2. The maximum atomic E-state index is 11.9. The van der Waals surface area contributed by atoms with Gasteiger partial charge in [-0.3, -0.25) is 0 Å². The summed E-state index contributed by atoms with van der Waals surface area (Å²) >= 11 is 1.55. The number of carbonyl (C=O) groups excluding carboxylic acids is 1. The molecule has 0 aliphatic carbocycles. The zero-order valence-electron chi connectivity index (χ0n) is 26.3. The Balaban J connectivity index is 1.21. The molecular weight excluding hydrogens is 613 g/mol. The normalized spacial score (nSPS) is 19.3. The van der Waals surface area contributed by atoms with Gasteiger partial charge in [-0.1, -0.05) is 104 Å². The summed E-state index contributed by atoms with van der Waals surface area (Å²) in [7, 11) is 0. The largest absolute Gasteiger partial charge is 0.392 e. The van der Waals surface area contributed by atoms with Crippen LogP contribution in [0.1, 0.15) is 48.5 Å². The Morgan fingerprint density at radius 2 is 1.64 bits per heavy atom. The number of tetrazole rings is 1. The van der Waals surface area contributed by atoms with Gasteiger partial charge >= 0.3 is 6.03 Å². The molecule has 2 heterocycles. The van der Waals surface area contributed by atoms with Crippen LogP contribution in [0.2, 0.25) is 0 Å². The molecule has 6 rings (SSSR count). The molecule has 1 saturated heterocycles. The predicted molar refractivity (Wildman–Crippen MR) is 181 cm³/mol. The molecule has 1 aromatic heterocycles. The van der Waals surface area contributed by atoms with Crippen LogP contribution in [0.15, 0.2) is 108 Å². The van der Waals surface area contributed by atoms with E-state index in [0.29, 0.717) is 24.0 Å². The third-order valence-corrected chi connectivity index (χ3v) is 9.18. The van der Waals surface area contributed by atoms with Crippen LogP contribution in [0.3, 0.4) is 0 Å². The summed E-state index contributed by atoms with van der Waals surface area (Å²) in [5, 5.41) is 28.3. The Bertz CT molecular complexity index is 1750. The highest BCUT2D eigenvalue weighted by Gasteiger charge is 2.38. The van der Waals surface area contributed by atoms with Gasteiger partial charge in [0, 0.05) is 30.3 Å². The second-order valence-corrected chi connectivity index (χ2v) is 12.4. The Morgan fingerprint density at radius 3 is 2.38 bits per heavy atom. The van der Waals surface area contributed by atoms with Gasteiger partial charge in [0.1, 0.15) is 0 Å². The van der Waals surface area contributed by atoms with Crippen molar-refractivity contribution in [1.29, 1.82) is 0 Å². The number of benzene rings is 4. The zero-order chi connectivity index (χ0) is 32.6. The molecule has 3 N–H and O–H groups in total. The maximum absolute atomic E-state index is 11.9. The molecule has 1 aliphatic heterocycles. The summed E-state index contributed by atoms with van der Waals surface area (Å²) in [4.78, 5) is 11.9. The van der Waals surface area contributed by atoms with E-state index in [4.69, 9.17) is 9.47 Å². The fourth-order valence-corrected chi connectivity index (χ4v) is 6.62. The number of thioether (sulfide) groups is 1. The average molecular weight is 651 g/mol. The van der Waals surface area contributed by atoms with Crippen molar-refractivity contribution in [3.05, 3.63) is 125 Å². The lowest BCUT2D eigenvalue weighted by Gasteiger charge is -2.41. The van der Waals surface area contributed by atoms with Gasteiger partial charge in [-0.2, -0.15) is 4.68 Å². The molecule has 0 spiro atoms. The number of rotatable bonds is 11. The van der Waals surface area contributed by atoms with Crippen LogP contribution >= 0.6 is 11.8 Å². The molecule has 47 heavy (non-hydrogen) atoms. The van der Waals surface area contributed by atoms with Crippen molar-refractivity contribution in [3.63, 3.8) is 0 Å². The van der Waals surface area contributed by atoms with Gasteiger partial charge in [0.15, 0.2) is 6.29 Å². The van der Waals surface area contributed by atoms with Gasteiger partial charge < -0.3 is 25.2 Å². The van der Waals surface area contributed by atoms with Crippen molar-refractivity contribution in [3.8, 4) is 16.8 Å². The first-order chi connectivity index (χ1) is 23.0. The summed E-state index contributed by atoms with van der Waals surface area (Å²) < 4.78 is 15.1. The van der Waals surface area contributed by atoms with Gasteiger partial charge in [0.2, 0.25) is 5.16 Å². The number of nitrogens with zero attached hydrogens (tertiary/aromatic N) is 4. The Hall–Kier alpha value is -4.55. The maximum Gasteiger partial charge on any atom is 0.315 e. The first kappa shape index (κ1) is 32.4. The fourth-order valence-electron chi connectivity index (χ4n) is 5.57. The summed E-state index contributed by atoms with van der Waals surface area (Å²) in [6.07, 6.45) is -0.993. The summed E-state index contributed by atoms with van der Waals surface area (Å²) in [5.41, 5.74) is 6.80. The SMILES string of the molecule is CCNC(=O)NCc1cccc(-c2ccc([C@H]3O[C@@H](CSc4nnnn4-c4ccccc4)[C@@H](C)[C@@H](c4ccc(CO)cc4)O3)cc2)c1. The molecule has 10 nitrogen and oxygen atoms in total. The molecule has 1 fully saturated rings. The van der Waals surface area contributed by atoms with Crippen molar-refractivity contribution < 1.29 is 19.4 Å². The Labute approximate surface area is 278 Å². The van der Waals surface area contributed by atoms with Crippen molar-refractivity contribution in [2.75, 3.05) is 12.3 Å². The molecule has 0 radical (unpaired) electrons. The summed E-state index contributed by atoms with van der Waals surface area (Å²) in [5.74, 6) is 0.643. The average Bonchev–Trinajstić information content (AvgIpc) is 3.60. The van der Waals surface area contributed by atoms with Crippen LogP contribution in [0, 0.1) is 5.92 Å². The lowest BCUT2D eigenvalue weighted by molar-refractivity contribution is -0.268. The number of aliphatic hydroxyl groups is 1. The van der Waals surface area contributed by atoms with E-state index < -0.39 is 6.29 Å². The standard InChI is InChI=1S/C36H38N6O4S/c1-3-37-35(44)38-21-26-8-7-9-30(20-26)27-16-18-29(19-17-27)34-45-32(24(2)33(46-34)28-14-12-25(22-43)13-15-28)23-47-36-39-40-41-42(36)31-10-5-4-6-11-31/h4-20,24,32-34,43H,3,21-23H2,1-2H3,(H2,37,38,44)/t24-,32+,33+,34+/m1/s1. The second kappa shape index (κ2) is 15.4. The van der Waals surface area contributed by atoms with E-state index in [-0.39, 0.29) is 30.8 Å². The van der Waals surface area contributed by atoms with Crippen molar-refractivity contribution in [1.82, 2.24) is 30.8 Å². The third-order valence-electron chi connectivity index (χ3n) is 8.18. The van der Waals surface area contributed by atoms with Crippen molar-refractivity contribution in [2.45, 2.75) is 50.7 Å². The lowest BCUT2D eigenvalue weighted by Crippen LogP contribution is -2.38. The van der Waals surface area contributed by atoms with Gasteiger partial charge in [0.05, 0.1) is 24.5 Å². The molecule has 2 amide bonds. The fraction of sp³-hybridized carbons (Fsp3) is 0.278. The minimum absolute atomic E-state index is 0.0115. The van der Waals surface area contributed by atoms with Crippen LogP contribution in [0.5, 0.6) is 0 Å². The number of urea groups is 1. The van der Waals surface area contributed by atoms with E-state index in [1.165, 1.54) is 0 Å². The number of hydrogen-bond acceptors (Lipinski definition) is 8. The van der Waals surface area contributed by atoms with Crippen LogP contribution in [0.25, 0.3) is 16.8 Å². The number of carbonyl (C=O) groups is 1. The minimum atomic E-state index is -0.592. The molecule has 1 aliphatic rings. The van der Waals surface area contributed by atoms with Crippen LogP contribution in [-0.4, -0.2) is 49.7 Å². The molecule has 0 unspecified atom stereocenters. The number of aromatic nitrogens is 4. The topological polar surface area (TPSA) is 123 Å². The number of aliphatic hydroxyl groups excluding tert-OH is 1. The third kappa shape index (κ3) is 7.88. The quantitative estimate of drug-likeness (QED) is 0.144. The van der Waals surface area contributed by atoms with Crippen LogP contribution in [0.4, 0.5) is 4.79 Å².